The Morgan fingerprint density at radius 3 is 2.44 bits per heavy atom. The minimum Gasteiger partial charge on any atom is -0.375 e. The summed E-state index contributed by atoms with van der Waals surface area (Å²) in [5.74, 6) is -0.269. The molecule has 132 valence electrons. The molecule has 1 amide bonds. The fraction of sp³-hybridized carbons (Fsp3) is 0.278. The fourth-order valence-electron chi connectivity index (χ4n) is 2.88. The molecule has 0 bridgehead atoms. The van der Waals surface area contributed by atoms with E-state index < -0.39 is 10.0 Å². The maximum absolute atomic E-state index is 12.6. The molecule has 2 aromatic rings. The van der Waals surface area contributed by atoms with Crippen molar-refractivity contribution in [1.29, 1.82) is 0 Å². The average Bonchev–Trinajstić information content (AvgIpc) is 3.04. The maximum Gasteiger partial charge on any atom is 0.261 e. The molecule has 0 saturated heterocycles. The minimum absolute atomic E-state index is 0.0350. The minimum atomic E-state index is -3.64. The summed E-state index contributed by atoms with van der Waals surface area (Å²) in [7, 11) is -2.20. The number of carbonyl (C=O) groups excluding carboxylic acids is 1. The maximum atomic E-state index is 12.6. The van der Waals surface area contributed by atoms with Crippen molar-refractivity contribution in [3.05, 3.63) is 53.6 Å². The molecule has 0 atom stereocenters. The zero-order valence-electron chi connectivity index (χ0n) is 13.9. The van der Waals surface area contributed by atoms with Gasteiger partial charge in [-0.1, -0.05) is 6.07 Å². The van der Waals surface area contributed by atoms with Gasteiger partial charge in [0.2, 0.25) is 5.91 Å². The average molecular weight is 360 g/mol. The first-order valence-corrected chi connectivity index (χ1v) is 9.50. The second kappa shape index (κ2) is 7.25. The third-order valence-electron chi connectivity index (χ3n) is 4.08. The first-order chi connectivity index (χ1) is 12.0. The van der Waals surface area contributed by atoms with Crippen LogP contribution in [-0.2, 0) is 32.4 Å². The Bertz CT molecular complexity index is 876. The molecule has 3 rings (SSSR count). The number of anilines is 2. The molecule has 6 nitrogen and oxygen atoms in total. The number of amides is 1. The topological polar surface area (TPSA) is 84.5 Å². The fourth-order valence-corrected chi connectivity index (χ4v) is 3.99. The number of ether oxygens (including phenoxy) is 1. The van der Waals surface area contributed by atoms with Gasteiger partial charge in [-0.25, -0.2) is 8.42 Å². The number of fused-ring (bicyclic) bond motifs is 1. The van der Waals surface area contributed by atoms with E-state index in [0.29, 0.717) is 11.4 Å². The first kappa shape index (κ1) is 17.4. The number of rotatable bonds is 6. The number of aryl methyl sites for hydroxylation is 2. The van der Waals surface area contributed by atoms with E-state index in [9.17, 15) is 13.2 Å². The van der Waals surface area contributed by atoms with Crippen molar-refractivity contribution in [3.63, 3.8) is 0 Å². The highest BCUT2D eigenvalue weighted by Crippen LogP contribution is 2.26. The predicted octanol–water partition coefficient (Wildman–Crippen LogP) is 2.56. The van der Waals surface area contributed by atoms with Gasteiger partial charge in [-0.2, -0.15) is 0 Å². The van der Waals surface area contributed by atoms with Crippen molar-refractivity contribution in [2.45, 2.75) is 24.2 Å². The van der Waals surface area contributed by atoms with Crippen LogP contribution in [0.25, 0.3) is 0 Å². The van der Waals surface area contributed by atoms with E-state index in [1.54, 1.807) is 36.4 Å². The number of methoxy groups -OCH3 is 1. The van der Waals surface area contributed by atoms with Gasteiger partial charge in [-0.05, 0) is 66.8 Å². The van der Waals surface area contributed by atoms with Gasteiger partial charge in [0, 0.05) is 18.5 Å². The highest BCUT2D eigenvalue weighted by atomic mass is 32.2. The third kappa shape index (κ3) is 4.18. The van der Waals surface area contributed by atoms with Crippen LogP contribution in [0.2, 0.25) is 0 Å². The molecule has 25 heavy (non-hydrogen) atoms. The molecule has 0 unspecified atom stereocenters. The van der Waals surface area contributed by atoms with Crippen LogP contribution in [0.5, 0.6) is 0 Å². The predicted molar refractivity (Wildman–Crippen MR) is 96.2 cm³/mol. The Balaban J connectivity index is 1.71. The Morgan fingerprint density at radius 2 is 1.72 bits per heavy atom. The quantitative estimate of drug-likeness (QED) is 0.829. The molecule has 0 aliphatic heterocycles. The number of hydrogen-bond donors (Lipinski definition) is 2. The van der Waals surface area contributed by atoms with E-state index in [-0.39, 0.29) is 17.4 Å². The molecule has 2 N–H and O–H groups in total. The van der Waals surface area contributed by atoms with E-state index in [4.69, 9.17) is 4.74 Å². The molecule has 1 aliphatic carbocycles. The Morgan fingerprint density at radius 1 is 1.04 bits per heavy atom. The summed E-state index contributed by atoms with van der Waals surface area (Å²) in [6, 6.07) is 11.8. The van der Waals surface area contributed by atoms with Crippen LogP contribution < -0.4 is 10.0 Å². The first-order valence-electron chi connectivity index (χ1n) is 8.01. The number of benzene rings is 2. The zero-order valence-corrected chi connectivity index (χ0v) is 14.7. The van der Waals surface area contributed by atoms with E-state index >= 15 is 0 Å². The summed E-state index contributed by atoms with van der Waals surface area (Å²) in [4.78, 5) is 11.7. The van der Waals surface area contributed by atoms with Gasteiger partial charge in [-0.3, -0.25) is 9.52 Å². The lowest BCUT2D eigenvalue weighted by Crippen LogP contribution is -2.17. The van der Waals surface area contributed by atoms with Gasteiger partial charge in [-0.15, -0.1) is 0 Å². The number of carbonyl (C=O) groups is 1. The van der Waals surface area contributed by atoms with Crippen LogP contribution in [0.3, 0.4) is 0 Å². The van der Waals surface area contributed by atoms with Gasteiger partial charge in [0.15, 0.2) is 0 Å². The van der Waals surface area contributed by atoms with Crippen LogP contribution in [-0.4, -0.2) is 28.0 Å². The lowest BCUT2D eigenvalue weighted by Gasteiger charge is -2.10. The van der Waals surface area contributed by atoms with Gasteiger partial charge >= 0.3 is 0 Å². The summed E-state index contributed by atoms with van der Waals surface area (Å²) >= 11 is 0. The van der Waals surface area contributed by atoms with Crippen molar-refractivity contribution in [1.82, 2.24) is 0 Å². The molecular weight excluding hydrogens is 340 g/mol. The van der Waals surface area contributed by atoms with Gasteiger partial charge in [0.1, 0.15) is 6.61 Å². The Hall–Kier alpha value is -2.38. The Kier molecular flexibility index (Phi) is 5.06. The molecule has 0 spiro atoms. The summed E-state index contributed by atoms with van der Waals surface area (Å²) < 4.78 is 32.4. The Labute approximate surface area is 147 Å². The van der Waals surface area contributed by atoms with Gasteiger partial charge in [0.05, 0.1) is 4.90 Å². The van der Waals surface area contributed by atoms with Crippen molar-refractivity contribution in [2.24, 2.45) is 0 Å². The van der Waals surface area contributed by atoms with E-state index in [1.165, 1.54) is 12.7 Å². The normalized spacial score (nSPS) is 13.3. The monoisotopic (exact) mass is 360 g/mol. The van der Waals surface area contributed by atoms with Gasteiger partial charge in [0.25, 0.3) is 10.0 Å². The molecule has 0 saturated carbocycles. The molecular formula is C18H20N2O4S. The van der Waals surface area contributed by atoms with Crippen molar-refractivity contribution >= 4 is 27.3 Å². The molecule has 0 aromatic heterocycles. The molecule has 0 heterocycles. The molecule has 1 aliphatic rings. The lowest BCUT2D eigenvalue weighted by molar-refractivity contribution is -0.119. The highest BCUT2D eigenvalue weighted by molar-refractivity contribution is 7.92. The van der Waals surface area contributed by atoms with Crippen LogP contribution in [0.1, 0.15) is 17.5 Å². The van der Waals surface area contributed by atoms with Crippen LogP contribution in [0.4, 0.5) is 11.4 Å². The smallest absolute Gasteiger partial charge is 0.261 e. The van der Waals surface area contributed by atoms with Crippen LogP contribution >= 0.6 is 0 Å². The van der Waals surface area contributed by atoms with Crippen molar-refractivity contribution < 1.29 is 17.9 Å². The molecule has 7 heteroatoms. The van der Waals surface area contributed by atoms with E-state index in [1.807, 2.05) is 6.07 Å². The summed E-state index contributed by atoms with van der Waals surface area (Å²) in [5, 5.41) is 2.65. The number of nitrogens with one attached hydrogen (secondary N) is 2. The van der Waals surface area contributed by atoms with Crippen LogP contribution in [0, 0.1) is 0 Å². The number of hydrogen-bond acceptors (Lipinski definition) is 4. The second-order valence-corrected chi connectivity index (χ2v) is 7.63. The van der Waals surface area contributed by atoms with E-state index in [0.717, 1.165) is 24.8 Å². The number of sulfonamides is 1. The molecule has 0 fully saturated rings. The highest BCUT2D eigenvalue weighted by Gasteiger charge is 2.18. The van der Waals surface area contributed by atoms with Crippen molar-refractivity contribution in [2.75, 3.05) is 23.8 Å². The summed E-state index contributed by atoms with van der Waals surface area (Å²) in [5.41, 5.74) is 3.35. The SMILES string of the molecule is COCC(=O)Nc1ccc(NS(=O)(=O)c2ccc3c(c2)CCC3)cc1. The van der Waals surface area contributed by atoms with Crippen molar-refractivity contribution in [3.8, 4) is 0 Å². The van der Waals surface area contributed by atoms with Gasteiger partial charge < -0.3 is 10.1 Å². The zero-order chi connectivity index (χ0) is 17.9. The second-order valence-electron chi connectivity index (χ2n) is 5.95. The van der Waals surface area contributed by atoms with Crippen LogP contribution in [0.15, 0.2) is 47.4 Å². The summed E-state index contributed by atoms with van der Waals surface area (Å²) in [6.07, 6.45) is 3.01. The molecule has 2 aromatic carbocycles. The standard InChI is InChI=1S/C18H20N2O4S/c1-24-12-18(21)19-15-6-8-16(9-7-15)20-25(22,23)17-10-5-13-3-2-4-14(13)11-17/h5-11,20H,2-4,12H2,1H3,(H,19,21). The largest absolute Gasteiger partial charge is 0.375 e. The summed E-state index contributed by atoms with van der Waals surface area (Å²) in [6.45, 7) is -0.0350. The molecule has 0 radical (unpaired) electrons. The third-order valence-corrected chi connectivity index (χ3v) is 5.46. The van der Waals surface area contributed by atoms with E-state index in [2.05, 4.69) is 10.0 Å². The lowest BCUT2D eigenvalue weighted by atomic mass is 10.1.